The van der Waals surface area contributed by atoms with E-state index in [0.717, 1.165) is 0 Å². The number of halogens is 1. The molecule has 5 heteroatoms. The quantitative estimate of drug-likeness (QED) is 0.843. The Morgan fingerprint density at radius 2 is 2.12 bits per heavy atom. The molecule has 0 aromatic heterocycles. The van der Waals surface area contributed by atoms with Crippen molar-refractivity contribution in [2.24, 2.45) is 0 Å². The maximum atomic E-state index is 10.7. The van der Waals surface area contributed by atoms with Crippen LogP contribution in [-0.2, 0) is 4.79 Å². The van der Waals surface area contributed by atoms with Gasteiger partial charge in [0.1, 0.15) is 17.9 Å². The molecule has 2 N–H and O–H groups in total. The molecule has 0 radical (unpaired) electrons. The van der Waals surface area contributed by atoms with Gasteiger partial charge in [0.05, 0.1) is 0 Å². The van der Waals surface area contributed by atoms with Gasteiger partial charge in [-0.25, -0.2) is 0 Å². The molecule has 1 aromatic rings. The van der Waals surface area contributed by atoms with Crippen molar-refractivity contribution in [2.45, 2.75) is 18.6 Å². The minimum Gasteiger partial charge on any atom is -0.489 e. The van der Waals surface area contributed by atoms with Crippen LogP contribution < -0.4 is 10.1 Å². The van der Waals surface area contributed by atoms with E-state index in [1.165, 1.54) is 0 Å². The summed E-state index contributed by atoms with van der Waals surface area (Å²) in [7, 11) is 0. The third-order valence-electron chi connectivity index (χ3n) is 2.50. The van der Waals surface area contributed by atoms with Crippen LogP contribution >= 0.6 is 11.6 Å². The van der Waals surface area contributed by atoms with Gasteiger partial charge in [0, 0.05) is 18.0 Å². The SMILES string of the molecule is O=C(O)C1CC(Oc2ccc(Cl)cc2)CN1. The maximum absolute atomic E-state index is 10.7. The lowest BCUT2D eigenvalue weighted by atomic mass is 10.2. The van der Waals surface area contributed by atoms with E-state index in [1.807, 2.05) is 0 Å². The first-order valence-corrected chi connectivity index (χ1v) is 5.41. The molecule has 1 aliphatic heterocycles. The molecule has 2 rings (SSSR count). The Morgan fingerprint density at radius 1 is 1.44 bits per heavy atom. The predicted octanol–water partition coefficient (Wildman–Crippen LogP) is 1.53. The summed E-state index contributed by atoms with van der Waals surface area (Å²) in [5, 5.41) is 12.3. The summed E-state index contributed by atoms with van der Waals surface area (Å²) in [6.45, 7) is 0.555. The van der Waals surface area contributed by atoms with Gasteiger partial charge >= 0.3 is 5.97 Å². The maximum Gasteiger partial charge on any atom is 0.320 e. The van der Waals surface area contributed by atoms with Crippen molar-refractivity contribution in [3.63, 3.8) is 0 Å². The summed E-state index contributed by atoms with van der Waals surface area (Å²) in [5.41, 5.74) is 0. The Labute approximate surface area is 98.2 Å². The van der Waals surface area contributed by atoms with E-state index >= 15 is 0 Å². The largest absolute Gasteiger partial charge is 0.489 e. The number of nitrogens with one attached hydrogen (secondary N) is 1. The highest BCUT2D eigenvalue weighted by atomic mass is 35.5. The topological polar surface area (TPSA) is 58.6 Å². The molecule has 2 unspecified atom stereocenters. The molecule has 86 valence electrons. The van der Waals surface area contributed by atoms with Gasteiger partial charge < -0.3 is 15.2 Å². The highest BCUT2D eigenvalue weighted by molar-refractivity contribution is 6.30. The zero-order valence-corrected chi connectivity index (χ0v) is 9.28. The Balaban J connectivity index is 1.92. The lowest BCUT2D eigenvalue weighted by molar-refractivity contribution is -0.139. The standard InChI is InChI=1S/C11H12ClNO3/c12-7-1-3-8(4-2-7)16-9-5-10(11(14)15)13-6-9/h1-4,9-10,13H,5-6H2,(H,14,15). The molecule has 2 atom stereocenters. The third kappa shape index (κ3) is 2.65. The molecular weight excluding hydrogens is 230 g/mol. The van der Waals surface area contributed by atoms with E-state index in [-0.39, 0.29) is 6.10 Å². The lowest BCUT2D eigenvalue weighted by Crippen LogP contribution is -2.30. The third-order valence-corrected chi connectivity index (χ3v) is 2.76. The smallest absolute Gasteiger partial charge is 0.320 e. The van der Waals surface area contributed by atoms with Crippen LogP contribution in [0.15, 0.2) is 24.3 Å². The van der Waals surface area contributed by atoms with Crippen LogP contribution in [0.3, 0.4) is 0 Å². The highest BCUT2D eigenvalue weighted by Crippen LogP contribution is 2.19. The zero-order chi connectivity index (χ0) is 11.5. The first-order chi connectivity index (χ1) is 7.65. The molecule has 0 saturated carbocycles. The molecule has 1 heterocycles. The summed E-state index contributed by atoms with van der Waals surface area (Å²) in [6, 6.07) is 6.53. The number of ether oxygens (including phenoxy) is 1. The summed E-state index contributed by atoms with van der Waals surface area (Å²) in [5.74, 6) is -0.121. The van der Waals surface area contributed by atoms with Crippen LogP contribution in [0.25, 0.3) is 0 Å². The first kappa shape index (κ1) is 11.2. The number of carboxylic acid groups (broad SMARTS) is 1. The highest BCUT2D eigenvalue weighted by Gasteiger charge is 2.30. The van der Waals surface area contributed by atoms with Crippen LogP contribution in [0, 0.1) is 0 Å². The van der Waals surface area contributed by atoms with Crippen LogP contribution in [0.1, 0.15) is 6.42 Å². The van der Waals surface area contributed by atoms with Gasteiger partial charge in [0.15, 0.2) is 0 Å². The van der Waals surface area contributed by atoms with E-state index in [9.17, 15) is 4.79 Å². The molecule has 0 aliphatic carbocycles. The number of rotatable bonds is 3. The molecule has 4 nitrogen and oxygen atoms in total. The van der Waals surface area contributed by atoms with Gasteiger partial charge in [0.25, 0.3) is 0 Å². The lowest BCUT2D eigenvalue weighted by Gasteiger charge is -2.12. The minimum absolute atomic E-state index is 0.0951. The second kappa shape index (κ2) is 4.72. The molecule has 16 heavy (non-hydrogen) atoms. The van der Waals surface area contributed by atoms with Crippen molar-refractivity contribution in [2.75, 3.05) is 6.54 Å². The second-order valence-electron chi connectivity index (χ2n) is 3.73. The molecule has 0 bridgehead atoms. The Kier molecular flexibility index (Phi) is 3.31. The number of aliphatic carboxylic acids is 1. The van der Waals surface area contributed by atoms with Crippen molar-refractivity contribution in [1.82, 2.24) is 5.32 Å². The summed E-state index contributed by atoms with van der Waals surface area (Å²) < 4.78 is 5.63. The fraction of sp³-hybridized carbons (Fsp3) is 0.364. The fourth-order valence-electron chi connectivity index (χ4n) is 1.69. The van der Waals surface area contributed by atoms with Gasteiger partial charge in [-0.15, -0.1) is 0 Å². The van der Waals surface area contributed by atoms with Crippen molar-refractivity contribution >= 4 is 17.6 Å². The van der Waals surface area contributed by atoms with Crippen LogP contribution in [-0.4, -0.2) is 29.8 Å². The fourth-order valence-corrected chi connectivity index (χ4v) is 1.81. The van der Waals surface area contributed by atoms with Crippen LogP contribution in [0.4, 0.5) is 0 Å². The van der Waals surface area contributed by atoms with Crippen molar-refractivity contribution < 1.29 is 14.6 Å². The number of benzene rings is 1. The van der Waals surface area contributed by atoms with Gasteiger partial charge in [0.2, 0.25) is 0 Å². The van der Waals surface area contributed by atoms with Crippen molar-refractivity contribution in [3.8, 4) is 5.75 Å². The molecular formula is C11H12ClNO3. The molecule has 1 aliphatic rings. The van der Waals surface area contributed by atoms with E-state index in [4.69, 9.17) is 21.4 Å². The van der Waals surface area contributed by atoms with E-state index in [2.05, 4.69) is 5.32 Å². The van der Waals surface area contributed by atoms with Crippen LogP contribution in [0.5, 0.6) is 5.75 Å². The normalized spacial score (nSPS) is 24.3. The van der Waals surface area contributed by atoms with Gasteiger partial charge in [-0.2, -0.15) is 0 Å². The van der Waals surface area contributed by atoms with E-state index in [0.29, 0.717) is 23.7 Å². The molecule has 1 saturated heterocycles. The Bertz CT molecular complexity index is 379. The molecule has 0 amide bonds. The average molecular weight is 242 g/mol. The monoisotopic (exact) mass is 241 g/mol. The van der Waals surface area contributed by atoms with Gasteiger partial charge in [-0.1, -0.05) is 11.6 Å². The van der Waals surface area contributed by atoms with Crippen molar-refractivity contribution in [3.05, 3.63) is 29.3 Å². The second-order valence-corrected chi connectivity index (χ2v) is 4.16. The molecule has 0 spiro atoms. The summed E-state index contributed by atoms with van der Waals surface area (Å²) in [4.78, 5) is 10.7. The molecule has 1 fully saturated rings. The van der Waals surface area contributed by atoms with Crippen LogP contribution in [0.2, 0.25) is 5.02 Å². The summed E-state index contributed by atoms with van der Waals surface area (Å²) >= 11 is 5.75. The summed E-state index contributed by atoms with van der Waals surface area (Å²) in [6.07, 6.45) is 0.389. The number of carboxylic acids is 1. The van der Waals surface area contributed by atoms with Gasteiger partial charge in [-0.3, -0.25) is 4.79 Å². The average Bonchev–Trinajstić information content (AvgIpc) is 2.70. The Hall–Kier alpha value is -1.26. The van der Waals surface area contributed by atoms with E-state index < -0.39 is 12.0 Å². The zero-order valence-electron chi connectivity index (χ0n) is 8.52. The number of carbonyl (C=O) groups is 1. The predicted molar refractivity (Wildman–Crippen MR) is 59.9 cm³/mol. The van der Waals surface area contributed by atoms with Gasteiger partial charge in [-0.05, 0) is 24.3 Å². The molecule has 1 aromatic carbocycles. The number of hydrogen-bond donors (Lipinski definition) is 2. The first-order valence-electron chi connectivity index (χ1n) is 5.03. The Morgan fingerprint density at radius 3 is 2.69 bits per heavy atom. The van der Waals surface area contributed by atoms with Crippen molar-refractivity contribution in [1.29, 1.82) is 0 Å². The van der Waals surface area contributed by atoms with E-state index in [1.54, 1.807) is 24.3 Å². The minimum atomic E-state index is -0.831. The number of hydrogen-bond acceptors (Lipinski definition) is 3.